The lowest BCUT2D eigenvalue weighted by Gasteiger charge is -2.12. The zero-order valence-corrected chi connectivity index (χ0v) is 16.7. The van der Waals surface area contributed by atoms with Crippen LogP contribution in [0.2, 0.25) is 0 Å². The van der Waals surface area contributed by atoms with E-state index < -0.39 is 9.84 Å². The molecule has 0 fully saturated rings. The van der Waals surface area contributed by atoms with E-state index in [-0.39, 0.29) is 0 Å². The van der Waals surface area contributed by atoms with Gasteiger partial charge in [-0.15, -0.1) is 0 Å². The van der Waals surface area contributed by atoms with Crippen molar-refractivity contribution in [2.24, 2.45) is 10.9 Å². The average Bonchev–Trinajstić information content (AvgIpc) is 2.50. The predicted molar refractivity (Wildman–Crippen MR) is 103 cm³/mol. The summed E-state index contributed by atoms with van der Waals surface area (Å²) in [6, 6.07) is 5.33. The minimum Gasteiger partial charge on any atom is -0.379 e. The van der Waals surface area contributed by atoms with E-state index in [0.29, 0.717) is 30.5 Å². The first-order valence-corrected chi connectivity index (χ1v) is 10.5. The third kappa shape index (κ3) is 8.36. The molecule has 0 aromatic heterocycles. The fourth-order valence-electron chi connectivity index (χ4n) is 2.30. The van der Waals surface area contributed by atoms with Crippen molar-refractivity contribution < 1.29 is 13.2 Å². The molecular formula is C18H31N3O3S. The Morgan fingerprint density at radius 1 is 1.28 bits per heavy atom. The number of guanidine groups is 1. The lowest BCUT2D eigenvalue weighted by molar-refractivity contribution is 0.114. The second-order valence-electron chi connectivity index (χ2n) is 6.46. The smallest absolute Gasteiger partial charge is 0.191 e. The summed E-state index contributed by atoms with van der Waals surface area (Å²) in [4.78, 5) is 4.91. The first-order chi connectivity index (χ1) is 11.7. The maximum absolute atomic E-state index is 11.7. The number of aryl methyl sites for hydroxylation is 1. The molecule has 0 radical (unpaired) electrons. The van der Waals surface area contributed by atoms with Crippen molar-refractivity contribution in [2.75, 3.05) is 32.6 Å². The zero-order chi connectivity index (χ0) is 18.9. The van der Waals surface area contributed by atoms with E-state index in [9.17, 15) is 8.42 Å². The van der Waals surface area contributed by atoms with Crippen LogP contribution in [0.15, 0.2) is 28.1 Å². The Labute approximate surface area is 152 Å². The quantitative estimate of drug-likeness (QED) is 0.396. The summed E-state index contributed by atoms with van der Waals surface area (Å²) in [5.41, 5.74) is 1.72. The molecule has 0 aliphatic carbocycles. The third-order valence-electron chi connectivity index (χ3n) is 3.39. The molecule has 0 saturated carbocycles. The van der Waals surface area contributed by atoms with Crippen molar-refractivity contribution in [3.05, 3.63) is 29.3 Å². The van der Waals surface area contributed by atoms with Gasteiger partial charge in [0, 0.05) is 26.0 Å². The van der Waals surface area contributed by atoms with Crippen LogP contribution in [0.5, 0.6) is 0 Å². The highest BCUT2D eigenvalue weighted by molar-refractivity contribution is 7.90. The molecule has 25 heavy (non-hydrogen) atoms. The number of benzene rings is 1. The van der Waals surface area contributed by atoms with E-state index in [2.05, 4.69) is 29.5 Å². The molecule has 0 bridgehead atoms. The van der Waals surface area contributed by atoms with E-state index in [1.807, 2.05) is 19.1 Å². The summed E-state index contributed by atoms with van der Waals surface area (Å²) in [5, 5.41) is 6.42. The predicted octanol–water partition coefficient (Wildman–Crippen LogP) is 2.13. The topological polar surface area (TPSA) is 79.8 Å². The number of nitrogens with one attached hydrogen (secondary N) is 2. The average molecular weight is 370 g/mol. The van der Waals surface area contributed by atoms with Crippen molar-refractivity contribution >= 4 is 15.8 Å². The lowest BCUT2D eigenvalue weighted by Crippen LogP contribution is -2.39. The second-order valence-corrected chi connectivity index (χ2v) is 8.45. The number of sulfone groups is 1. The largest absolute Gasteiger partial charge is 0.379 e. The summed E-state index contributed by atoms with van der Waals surface area (Å²) in [6.45, 7) is 11.4. The molecule has 1 aromatic carbocycles. The van der Waals surface area contributed by atoms with Gasteiger partial charge in [0.05, 0.1) is 18.0 Å². The minimum atomic E-state index is -3.19. The Balaban J connectivity index is 2.63. The highest BCUT2D eigenvalue weighted by Crippen LogP contribution is 2.17. The Bertz CT molecular complexity index is 670. The van der Waals surface area contributed by atoms with Gasteiger partial charge in [0.25, 0.3) is 0 Å². The van der Waals surface area contributed by atoms with Crippen LogP contribution < -0.4 is 10.6 Å². The van der Waals surface area contributed by atoms with Gasteiger partial charge in [-0.25, -0.2) is 13.4 Å². The number of aliphatic imine (C=N–C) groups is 1. The number of rotatable bonds is 9. The molecule has 7 heteroatoms. The molecule has 0 atom stereocenters. The fraction of sp³-hybridized carbons (Fsp3) is 0.611. The van der Waals surface area contributed by atoms with Crippen molar-refractivity contribution in [1.82, 2.24) is 10.6 Å². The van der Waals surface area contributed by atoms with Crippen LogP contribution in [-0.2, 0) is 21.1 Å². The van der Waals surface area contributed by atoms with Gasteiger partial charge in [-0.2, -0.15) is 0 Å². The van der Waals surface area contributed by atoms with Gasteiger partial charge in [0.15, 0.2) is 15.8 Å². The summed E-state index contributed by atoms with van der Waals surface area (Å²) in [6.07, 6.45) is 1.22. The third-order valence-corrected chi connectivity index (χ3v) is 4.65. The molecule has 0 aliphatic heterocycles. The summed E-state index contributed by atoms with van der Waals surface area (Å²) in [5.74, 6) is 1.25. The summed E-state index contributed by atoms with van der Waals surface area (Å²) in [7, 11) is -3.19. The molecule has 2 N–H and O–H groups in total. The normalized spacial score (nSPS) is 12.5. The van der Waals surface area contributed by atoms with Gasteiger partial charge in [-0.05, 0) is 37.0 Å². The van der Waals surface area contributed by atoms with Gasteiger partial charge in [-0.1, -0.05) is 26.0 Å². The SMILES string of the molecule is CCNC(=NCc1ccc(S(C)(=O)=O)c(C)c1)NCCOCC(C)C. The number of nitrogens with zero attached hydrogens (tertiary/aromatic N) is 1. The van der Waals surface area contributed by atoms with E-state index in [4.69, 9.17) is 4.74 Å². The van der Waals surface area contributed by atoms with E-state index in [1.54, 1.807) is 13.0 Å². The Morgan fingerprint density at radius 3 is 2.56 bits per heavy atom. The van der Waals surface area contributed by atoms with Crippen molar-refractivity contribution in [3.63, 3.8) is 0 Å². The van der Waals surface area contributed by atoms with Crippen LogP contribution in [0.3, 0.4) is 0 Å². The highest BCUT2D eigenvalue weighted by atomic mass is 32.2. The first-order valence-electron chi connectivity index (χ1n) is 8.63. The lowest BCUT2D eigenvalue weighted by atomic mass is 10.1. The molecule has 0 aliphatic rings. The zero-order valence-electron chi connectivity index (χ0n) is 15.9. The van der Waals surface area contributed by atoms with E-state index >= 15 is 0 Å². The van der Waals surface area contributed by atoms with Gasteiger partial charge in [-0.3, -0.25) is 0 Å². The van der Waals surface area contributed by atoms with Gasteiger partial charge >= 0.3 is 0 Å². The summed E-state index contributed by atoms with van der Waals surface area (Å²) < 4.78 is 28.9. The molecule has 0 saturated heterocycles. The minimum absolute atomic E-state index is 0.368. The van der Waals surface area contributed by atoms with Crippen LogP contribution in [-0.4, -0.2) is 46.9 Å². The Hall–Kier alpha value is -1.60. The van der Waals surface area contributed by atoms with Crippen molar-refractivity contribution in [3.8, 4) is 0 Å². The Morgan fingerprint density at radius 2 is 2.00 bits per heavy atom. The number of hydrogen-bond acceptors (Lipinski definition) is 4. The number of ether oxygens (including phenoxy) is 1. The molecule has 1 rings (SSSR count). The van der Waals surface area contributed by atoms with Crippen molar-refractivity contribution in [2.45, 2.75) is 39.1 Å². The monoisotopic (exact) mass is 369 g/mol. The molecule has 0 unspecified atom stereocenters. The summed E-state index contributed by atoms with van der Waals surface area (Å²) >= 11 is 0. The Kier molecular flexibility index (Phi) is 8.92. The van der Waals surface area contributed by atoms with Crippen LogP contribution in [0.1, 0.15) is 31.9 Å². The molecule has 0 spiro atoms. The van der Waals surface area contributed by atoms with Crippen LogP contribution in [0, 0.1) is 12.8 Å². The molecule has 0 heterocycles. The van der Waals surface area contributed by atoms with Gasteiger partial charge in [0.2, 0.25) is 0 Å². The maximum Gasteiger partial charge on any atom is 0.191 e. The fourth-order valence-corrected chi connectivity index (χ4v) is 3.26. The van der Waals surface area contributed by atoms with E-state index in [1.165, 1.54) is 6.26 Å². The molecule has 142 valence electrons. The van der Waals surface area contributed by atoms with Crippen LogP contribution in [0.4, 0.5) is 0 Å². The molecule has 0 amide bonds. The van der Waals surface area contributed by atoms with Crippen molar-refractivity contribution in [1.29, 1.82) is 0 Å². The standard InChI is InChI=1S/C18H31N3O3S/c1-6-19-18(20-9-10-24-13-14(2)3)21-12-16-7-8-17(15(4)11-16)25(5,22)23/h7-8,11,14H,6,9-10,12-13H2,1-5H3,(H2,19,20,21). The molecular weight excluding hydrogens is 338 g/mol. The first kappa shape index (κ1) is 21.4. The van der Waals surface area contributed by atoms with E-state index in [0.717, 1.165) is 30.2 Å². The number of hydrogen-bond donors (Lipinski definition) is 2. The molecule has 1 aromatic rings. The van der Waals surface area contributed by atoms with Gasteiger partial charge in [0.1, 0.15) is 0 Å². The van der Waals surface area contributed by atoms with Crippen LogP contribution in [0.25, 0.3) is 0 Å². The maximum atomic E-state index is 11.7. The van der Waals surface area contributed by atoms with Crippen LogP contribution >= 0.6 is 0 Å². The molecule has 6 nitrogen and oxygen atoms in total. The second kappa shape index (κ2) is 10.4. The highest BCUT2D eigenvalue weighted by Gasteiger charge is 2.10. The van der Waals surface area contributed by atoms with Gasteiger partial charge < -0.3 is 15.4 Å².